The van der Waals surface area contributed by atoms with E-state index in [-0.39, 0.29) is 23.8 Å². The fourth-order valence-electron chi connectivity index (χ4n) is 6.37. The van der Waals surface area contributed by atoms with E-state index in [1.165, 1.54) is 47.0 Å². The van der Waals surface area contributed by atoms with Crippen LogP contribution in [0.3, 0.4) is 0 Å². The van der Waals surface area contributed by atoms with Crippen molar-refractivity contribution in [3.63, 3.8) is 0 Å². The topological polar surface area (TPSA) is 190 Å². The number of nitrogens with one attached hydrogen (secondary N) is 2. The van der Waals surface area contributed by atoms with Crippen molar-refractivity contribution >= 4 is 91.2 Å². The van der Waals surface area contributed by atoms with Crippen LogP contribution in [0.15, 0.2) is 92.4 Å². The number of H-pyrrole nitrogens is 2. The van der Waals surface area contributed by atoms with Crippen molar-refractivity contribution < 1.29 is 20.4 Å². The highest BCUT2D eigenvalue weighted by molar-refractivity contribution is 7.99. The van der Waals surface area contributed by atoms with E-state index >= 15 is 0 Å². The predicted octanol–water partition coefficient (Wildman–Crippen LogP) is 7.04. The number of fused-ring (bicyclic) bond motifs is 20. The Kier molecular flexibility index (Phi) is 8.84. The maximum absolute atomic E-state index is 9.69. The molecule has 258 valence electrons. The van der Waals surface area contributed by atoms with Crippen LogP contribution in [0.5, 0.6) is 0 Å². The van der Waals surface area contributed by atoms with Crippen LogP contribution < -0.4 is 0 Å². The van der Waals surface area contributed by atoms with Gasteiger partial charge in [-0.25, -0.2) is 29.9 Å². The molecule has 0 atom stereocenters. The molecule has 9 rings (SSSR count). The zero-order chi connectivity index (χ0) is 35.3. The third-order valence-electron chi connectivity index (χ3n) is 8.64. The number of aromatic nitrogens is 8. The number of hydrogen-bond donors (Lipinski definition) is 6. The smallest absolute Gasteiger partial charge is 0.164 e. The van der Waals surface area contributed by atoms with Crippen molar-refractivity contribution in [1.82, 2.24) is 39.9 Å². The highest BCUT2D eigenvalue weighted by Crippen LogP contribution is 2.40. The molecular formula is C36H26N8O4S4. The van der Waals surface area contributed by atoms with Crippen molar-refractivity contribution in [2.24, 2.45) is 0 Å². The molecule has 2 aliphatic rings. The summed E-state index contributed by atoms with van der Waals surface area (Å²) >= 11 is 5.22. The SMILES string of the molecule is OCSc1ccc2c(c1)-c1nc-2nc2[nH]c(nc3nc(nc4[nH]c(n1)c1ccc(SCO)cc41)-c1ccc(SCO)cc1-3)c1ccc(SCO)cc21. The quantitative estimate of drug-likeness (QED) is 0.0683. The van der Waals surface area contributed by atoms with Crippen molar-refractivity contribution in [3.8, 4) is 45.6 Å². The minimum Gasteiger partial charge on any atom is -0.385 e. The Morgan fingerprint density at radius 1 is 0.365 bits per heavy atom. The Balaban J connectivity index is 1.44. The minimum atomic E-state index is -0.0772. The maximum atomic E-state index is 9.69. The number of aliphatic hydroxyl groups is 4. The first-order chi connectivity index (χ1) is 25.5. The molecule has 7 aromatic rings. The van der Waals surface area contributed by atoms with Crippen molar-refractivity contribution in [3.05, 3.63) is 72.8 Å². The van der Waals surface area contributed by atoms with E-state index in [1.807, 2.05) is 72.8 Å². The first kappa shape index (κ1) is 33.3. The Morgan fingerprint density at radius 2 is 0.692 bits per heavy atom. The van der Waals surface area contributed by atoms with Crippen LogP contribution in [-0.4, -0.2) is 84.1 Å². The van der Waals surface area contributed by atoms with Gasteiger partial charge in [0.2, 0.25) is 0 Å². The number of nitrogens with zero attached hydrogens (tertiary/aromatic N) is 6. The molecule has 0 unspecified atom stereocenters. The monoisotopic (exact) mass is 762 g/mol. The molecule has 0 amide bonds. The Bertz CT molecular complexity index is 2550. The lowest BCUT2D eigenvalue weighted by Crippen LogP contribution is -1.85. The number of benzene rings is 4. The first-order valence-electron chi connectivity index (χ1n) is 15.9. The highest BCUT2D eigenvalue weighted by atomic mass is 32.2. The zero-order valence-electron chi connectivity index (χ0n) is 26.9. The van der Waals surface area contributed by atoms with E-state index in [4.69, 9.17) is 29.9 Å². The van der Waals surface area contributed by atoms with Crippen molar-refractivity contribution in [2.75, 3.05) is 23.8 Å². The van der Waals surface area contributed by atoms with E-state index in [2.05, 4.69) is 9.97 Å². The molecule has 0 spiro atoms. The van der Waals surface area contributed by atoms with Crippen LogP contribution in [0.1, 0.15) is 0 Å². The summed E-state index contributed by atoms with van der Waals surface area (Å²) in [6.45, 7) is 0. The lowest BCUT2D eigenvalue weighted by Gasteiger charge is -2.02. The summed E-state index contributed by atoms with van der Waals surface area (Å²) in [6.07, 6.45) is 0. The van der Waals surface area contributed by atoms with E-state index < -0.39 is 0 Å². The van der Waals surface area contributed by atoms with E-state index in [1.54, 1.807) is 0 Å². The van der Waals surface area contributed by atoms with Crippen LogP contribution in [0.2, 0.25) is 0 Å². The van der Waals surface area contributed by atoms with Crippen molar-refractivity contribution in [1.29, 1.82) is 0 Å². The van der Waals surface area contributed by atoms with Gasteiger partial charge in [-0.2, -0.15) is 0 Å². The molecule has 12 nitrogen and oxygen atoms in total. The third kappa shape index (κ3) is 5.90. The molecule has 6 N–H and O–H groups in total. The molecule has 0 fully saturated rings. The standard InChI is InChI=1S/C36H26N8O4S4/c45-13-49-17-1-5-21-25(9-17)33-37-29(21)41-34-26-10-18(50-14-46)2-6-22(26)31(38-34)43-36-28-12-20(52-16-48)4-8-24(28)32(40-36)44-35-27-11-19(51-15-47)3-7-23(27)30(39-35)42-33/h1-12,45-48H,13-16H2,(H2,37,38,39,40,41,42,43,44). The lowest BCUT2D eigenvalue weighted by atomic mass is 10.1. The Labute approximate surface area is 311 Å². The molecule has 2 aliphatic heterocycles. The summed E-state index contributed by atoms with van der Waals surface area (Å²) in [5.41, 5.74) is 5.20. The molecule has 52 heavy (non-hydrogen) atoms. The van der Waals surface area contributed by atoms with Crippen LogP contribution >= 0.6 is 47.0 Å². The van der Waals surface area contributed by atoms with Gasteiger partial charge in [0.1, 0.15) is 22.6 Å². The average Bonchev–Trinajstić information content (AvgIpc) is 3.87. The maximum Gasteiger partial charge on any atom is 0.164 e. The molecule has 5 heterocycles. The highest BCUT2D eigenvalue weighted by Gasteiger charge is 2.23. The summed E-state index contributed by atoms with van der Waals surface area (Å²) in [5.74, 6) is 1.47. The van der Waals surface area contributed by atoms with Gasteiger partial charge >= 0.3 is 0 Å². The van der Waals surface area contributed by atoms with E-state index in [0.717, 1.165) is 63.4 Å². The van der Waals surface area contributed by atoms with E-state index in [0.29, 0.717) is 45.9 Å². The summed E-state index contributed by atoms with van der Waals surface area (Å²) in [5, 5.41) is 41.9. The van der Waals surface area contributed by atoms with Gasteiger partial charge in [0.05, 0.1) is 23.8 Å². The Hall–Kier alpha value is -4.52. The van der Waals surface area contributed by atoms with Gasteiger partial charge in [-0.3, -0.25) is 0 Å². The molecule has 3 aromatic heterocycles. The fourth-order valence-corrected chi connectivity index (χ4v) is 8.43. The number of thioether (sulfide) groups is 4. The number of aliphatic hydroxyl groups excluding tert-OH is 4. The van der Waals surface area contributed by atoms with Gasteiger partial charge in [0, 0.05) is 63.4 Å². The molecule has 8 bridgehead atoms. The molecule has 0 saturated heterocycles. The summed E-state index contributed by atoms with van der Waals surface area (Å²) < 4.78 is 0. The van der Waals surface area contributed by atoms with Gasteiger partial charge in [-0.05, 0) is 72.8 Å². The van der Waals surface area contributed by atoms with Crippen LogP contribution in [0, 0.1) is 0 Å². The molecule has 0 radical (unpaired) electrons. The summed E-state index contributed by atoms with van der Waals surface area (Å²) in [7, 11) is 0. The van der Waals surface area contributed by atoms with Gasteiger partial charge < -0.3 is 30.4 Å². The minimum absolute atomic E-state index is 0.0752. The number of rotatable bonds is 8. The van der Waals surface area contributed by atoms with Gasteiger partial charge in [0.25, 0.3) is 0 Å². The largest absolute Gasteiger partial charge is 0.385 e. The van der Waals surface area contributed by atoms with Crippen molar-refractivity contribution in [2.45, 2.75) is 19.6 Å². The average molecular weight is 763 g/mol. The normalized spacial score (nSPS) is 12.1. The lowest BCUT2D eigenvalue weighted by molar-refractivity contribution is 0.375. The van der Waals surface area contributed by atoms with Gasteiger partial charge in [-0.15, -0.1) is 0 Å². The second kappa shape index (κ2) is 13.8. The second-order valence-corrected chi connectivity index (χ2v) is 15.6. The molecule has 0 aliphatic carbocycles. The molecular weight excluding hydrogens is 737 g/mol. The predicted molar refractivity (Wildman–Crippen MR) is 208 cm³/mol. The summed E-state index contributed by atoms with van der Waals surface area (Å²) in [6, 6.07) is 23.3. The van der Waals surface area contributed by atoms with Crippen LogP contribution in [-0.2, 0) is 0 Å². The summed E-state index contributed by atoms with van der Waals surface area (Å²) in [4.78, 5) is 40.5. The Morgan fingerprint density at radius 3 is 1.08 bits per heavy atom. The van der Waals surface area contributed by atoms with E-state index in [9.17, 15) is 20.4 Å². The molecule has 16 heteroatoms. The second-order valence-electron chi connectivity index (χ2n) is 11.5. The molecule has 4 aromatic carbocycles. The van der Waals surface area contributed by atoms with Crippen LogP contribution in [0.25, 0.3) is 89.7 Å². The van der Waals surface area contributed by atoms with Gasteiger partial charge in [-0.1, -0.05) is 47.0 Å². The third-order valence-corrected chi connectivity index (χ3v) is 11.5. The molecule has 0 saturated carbocycles. The first-order valence-corrected chi connectivity index (χ1v) is 19.8. The zero-order valence-corrected chi connectivity index (χ0v) is 30.1. The van der Waals surface area contributed by atoms with Gasteiger partial charge in [0.15, 0.2) is 23.3 Å². The number of hydrogen-bond acceptors (Lipinski definition) is 14. The fraction of sp³-hybridized carbons (Fsp3) is 0.111. The van der Waals surface area contributed by atoms with Crippen LogP contribution in [0.4, 0.5) is 0 Å². The number of aromatic amines is 2.